The van der Waals surface area contributed by atoms with Crippen LogP contribution in [0.3, 0.4) is 0 Å². The Hall–Kier alpha value is -3.25. The average molecular weight is 883 g/mol. The third-order valence-corrected chi connectivity index (χ3v) is 11.5. The van der Waals surface area contributed by atoms with Crippen molar-refractivity contribution in [2.45, 2.75) is 114 Å². The number of aromatic nitrogens is 3. The van der Waals surface area contributed by atoms with Crippen LogP contribution in [0, 0.1) is 22.8 Å². The molecular formula is C44H56IrN3O2S-. The van der Waals surface area contributed by atoms with Gasteiger partial charge in [0.1, 0.15) is 17.8 Å². The van der Waals surface area contributed by atoms with Gasteiger partial charge in [-0.1, -0.05) is 105 Å². The molecule has 5 aromatic rings. The third kappa shape index (κ3) is 9.60. The van der Waals surface area contributed by atoms with E-state index in [0.717, 1.165) is 60.1 Å². The van der Waals surface area contributed by atoms with Crippen molar-refractivity contribution in [1.82, 2.24) is 15.0 Å². The van der Waals surface area contributed by atoms with Gasteiger partial charge in [0.25, 0.3) is 0 Å². The summed E-state index contributed by atoms with van der Waals surface area (Å²) in [5.74, 6) is 0.876. The first kappa shape index (κ1) is 42.2. The Balaban J connectivity index is 0.000000335. The summed E-state index contributed by atoms with van der Waals surface area (Å²) in [4.78, 5) is 26.3. The van der Waals surface area contributed by atoms with Crippen molar-refractivity contribution in [2.75, 3.05) is 0 Å². The van der Waals surface area contributed by atoms with Gasteiger partial charge in [-0.05, 0) is 71.9 Å². The van der Waals surface area contributed by atoms with Gasteiger partial charge < -0.3 is 5.11 Å². The molecule has 51 heavy (non-hydrogen) atoms. The zero-order valence-corrected chi connectivity index (χ0v) is 35.6. The number of hydrogen-bond donors (Lipinski definition) is 1. The third-order valence-electron chi connectivity index (χ3n) is 10.6. The van der Waals surface area contributed by atoms with Crippen molar-refractivity contribution < 1.29 is 30.0 Å². The van der Waals surface area contributed by atoms with Gasteiger partial charge in [0.2, 0.25) is 0 Å². The smallest absolute Gasteiger partial charge is 0.164 e. The van der Waals surface area contributed by atoms with Crippen molar-refractivity contribution in [2.24, 2.45) is 16.7 Å². The number of carbonyl (C=O) groups excluding carboxylic acids is 1. The van der Waals surface area contributed by atoms with Crippen LogP contribution >= 0.6 is 11.3 Å². The Morgan fingerprint density at radius 3 is 2.10 bits per heavy atom. The first-order chi connectivity index (χ1) is 23.6. The first-order valence-electron chi connectivity index (χ1n) is 18.2. The standard InChI is InChI=1S/C29H28N3S.C15H28O2.Ir/c1-18(2)12-21-16-30-27(28-23(21)10-11-33-28)26-15-25(31-17-32-26)20-13-19-8-6-7-9-22(19)24(14-20)29(3,4)5;1-7-14(5,8-2)12(16)11-13(17)15(6,9-3)10-4;/h6-11,14-18H,12H2,1-5H3;11,16H,7-10H2,1-6H3;/q-1;;/b;12-11-;. The summed E-state index contributed by atoms with van der Waals surface area (Å²) < 4.78 is 1.19. The van der Waals surface area contributed by atoms with Crippen LogP contribution in [0.5, 0.6) is 0 Å². The van der Waals surface area contributed by atoms with E-state index in [0.29, 0.717) is 5.92 Å². The van der Waals surface area contributed by atoms with Crippen LogP contribution in [0.2, 0.25) is 0 Å². The molecule has 1 radical (unpaired) electrons. The minimum Gasteiger partial charge on any atom is -0.512 e. The normalized spacial score (nSPS) is 12.5. The average Bonchev–Trinajstić information content (AvgIpc) is 3.61. The summed E-state index contributed by atoms with van der Waals surface area (Å²) in [6, 6.07) is 18.5. The fourth-order valence-electron chi connectivity index (χ4n) is 6.11. The summed E-state index contributed by atoms with van der Waals surface area (Å²) in [5.41, 5.74) is 5.64. The SMILES string of the molecule is CC(C)Cc1cnc(-c2cc(-c3[c-]c4ccccc4c(C(C)(C)C)c3)ncn2)c2sccc12.CCC(C)(CC)C(=O)/C=C(\O)C(C)(CC)CC.[Ir]. The number of fused-ring (bicyclic) bond motifs is 2. The molecule has 5 rings (SSSR count). The Bertz CT molecular complexity index is 1960. The van der Waals surface area contributed by atoms with E-state index in [1.807, 2.05) is 47.7 Å². The molecule has 2 aromatic carbocycles. The molecule has 275 valence electrons. The van der Waals surface area contributed by atoms with E-state index in [9.17, 15) is 9.90 Å². The second-order valence-electron chi connectivity index (χ2n) is 15.5. The van der Waals surface area contributed by atoms with Crippen molar-refractivity contribution >= 4 is 38.0 Å². The number of carbonyl (C=O) groups is 1. The molecule has 0 saturated carbocycles. The number of aliphatic hydroxyl groups is 1. The molecule has 0 saturated heterocycles. The van der Waals surface area contributed by atoms with Crippen LogP contribution in [-0.4, -0.2) is 25.8 Å². The summed E-state index contributed by atoms with van der Waals surface area (Å²) in [5, 5.41) is 15.9. The molecule has 7 heteroatoms. The first-order valence-corrected chi connectivity index (χ1v) is 19.1. The molecule has 1 N–H and O–H groups in total. The molecular weight excluding hydrogens is 827 g/mol. The number of pyridine rings is 1. The van der Waals surface area contributed by atoms with Gasteiger partial charge in [0.05, 0.1) is 10.4 Å². The number of ketones is 1. The van der Waals surface area contributed by atoms with Crippen molar-refractivity contribution in [1.29, 1.82) is 0 Å². The van der Waals surface area contributed by atoms with Gasteiger partial charge in [0, 0.05) is 48.9 Å². The predicted octanol–water partition coefficient (Wildman–Crippen LogP) is 12.5. The quantitative estimate of drug-likeness (QED) is 0.0812. The van der Waals surface area contributed by atoms with E-state index in [1.165, 1.54) is 32.7 Å². The number of benzene rings is 2. The molecule has 0 spiro atoms. The summed E-state index contributed by atoms with van der Waals surface area (Å²) in [6.07, 6.45) is 9.45. The number of hydrogen-bond acceptors (Lipinski definition) is 6. The van der Waals surface area contributed by atoms with Crippen molar-refractivity contribution in [3.05, 3.63) is 89.4 Å². The molecule has 5 nitrogen and oxygen atoms in total. The van der Waals surface area contributed by atoms with E-state index >= 15 is 0 Å². The monoisotopic (exact) mass is 883 g/mol. The van der Waals surface area contributed by atoms with Gasteiger partial charge in [-0.3, -0.25) is 14.8 Å². The fourth-order valence-corrected chi connectivity index (χ4v) is 7.04. The van der Waals surface area contributed by atoms with Crippen LogP contribution < -0.4 is 0 Å². The predicted molar refractivity (Wildman–Crippen MR) is 213 cm³/mol. The molecule has 0 aliphatic carbocycles. The van der Waals surface area contributed by atoms with Crippen LogP contribution in [0.15, 0.2) is 72.2 Å². The second kappa shape index (κ2) is 17.5. The maximum absolute atomic E-state index is 12.2. The van der Waals surface area contributed by atoms with Gasteiger partial charge >= 0.3 is 0 Å². The Labute approximate surface area is 323 Å². The van der Waals surface area contributed by atoms with Crippen LogP contribution in [0.25, 0.3) is 43.5 Å². The molecule has 0 aliphatic rings. The molecule has 0 atom stereocenters. The Kier molecular flexibility index (Phi) is 14.5. The number of aliphatic hydroxyl groups excluding tert-OH is 1. The fraction of sp³-hybridized carbons (Fsp3) is 0.455. The van der Waals surface area contributed by atoms with Crippen LogP contribution in [0.1, 0.15) is 113 Å². The molecule has 3 heterocycles. The van der Waals surface area contributed by atoms with Gasteiger partial charge in [-0.2, -0.15) is 0 Å². The van der Waals surface area contributed by atoms with E-state index in [2.05, 4.69) is 98.5 Å². The Morgan fingerprint density at radius 2 is 1.49 bits per heavy atom. The van der Waals surface area contributed by atoms with Gasteiger partial charge in [-0.15, -0.1) is 40.5 Å². The summed E-state index contributed by atoms with van der Waals surface area (Å²) in [6.45, 7) is 23.3. The molecule has 0 aliphatic heterocycles. The minimum atomic E-state index is -0.337. The molecule has 0 bridgehead atoms. The summed E-state index contributed by atoms with van der Waals surface area (Å²) >= 11 is 1.73. The van der Waals surface area contributed by atoms with Gasteiger partial charge in [-0.25, -0.2) is 4.98 Å². The zero-order valence-electron chi connectivity index (χ0n) is 32.4. The van der Waals surface area contributed by atoms with E-state index in [-0.39, 0.29) is 47.9 Å². The number of rotatable bonds is 11. The summed E-state index contributed by atoms with van der Waals surface area (Å²) in [7, 11) is 0. The largest absolute Gasteiger partial charge is 0.512 e. The maximum Gasteiger partial charge on any atom is 0.164 e. The number of nitrogens with zero attached hydrogens (tertiary/aromatic N) is 3. The molecule has 3 aromatic heterocycles. The topological polar surface area (TPSA) is 76.0 Å². The van der Waals surface area contributed by atoms with E-state index < -0.39 is 0 Å². The molecule has 0 fully saturated rings. The Morgan fingerprint density at radius 1 is 0.863 bits per heavy atom. The van der Waals surface area contributed by atoms with E-state index in [4.69, 9.17) is 4.98 Å². The van der Waals surface area contributed by atoms with Crippen molar-refractivity contribution in [3.8, 4) is 22.6 Å². The van der Waals surface area contributed by atoms with Crippen molar-refractivity contribution in [3.63, 3.8) is 0 Å². The van der Waals surface area contributed by atoms with Crippen LogP contribution in [-0.2, 0) is 36.7 Å². The van der Waals surface area contributed by atoms with Crippen LogP contribution in [0.4, 0.5) is 0 Å². The zero-order chi connectivity index (χ0) is 36.9. The molecule has 0 unspecified atom stereocenters. The van der Waals surface area contributed by atoms with Gasteiger partial charge in [0.15, 0.2) is 5.78 Å². The number of allylic oxidation sites excluding steroid dienone is 2. The molecule has 0 amide bonds. The number of thiophene rings is 1. The second-order valence-corrected chi connectivity index (χ2v) is 16.4. The van der Waals surface area contributed by atoms with E-state index in [1.54, 1.807) is 17.7 Å². The minimum absolute atomic E-state index is 0. The maximum atomic E-state index is 12.2.